The largest absolute Gasteiger partial charge is 0.461 e. The van der Waals surface area contributed by atoms with Crippen molar-refractivity contribution in [3.8, 4) is 17.2 Å². The number of para-hydroxylation sites is 1. The molecule has 164 valence electrons. The summed E-state index contributed by atoms with van der Waals surface area (Å²) in [5.41, 5.74) is 7.08. The summed E-state index contributed by atoms with van der Waals surface area (Å²) >= 11 is 0. The molecule has 0 aromatic heterocycles. The van der Waals surface area contributed by atoms with Crippen LogP contribution < -0.4 is 15.2 Å². The highest BCUT2D eigenvalue weighted by atomic mass is 19.3. The number of nitrogens with two attached hydrogens (primary N) is 1. The van der Waals surface area contributed by atoms with Gasteiger partial charge in [0.05, 0.1) is 6.10 Å². The fourth-order valence-corrected chi connectivity index (χ4v) is 2.93. The summed E-state index contributed by atoms with van der Waals surface area (Å²) in [6.45, 7) is 0. The number of hydrogen-bond donors (Lipinski definition) is 2. The summed E-state index contributed by atoms with van der Waals surface area (Å²) in [5.74, 6) is 0.847. The molecule has 3 aromatic carbocycles. The first-order valence-electron chi connectivity index (χ1n) is 9.45. The highest BCUT2D eigenvalue weighted by molar-refractivity contribution is 5.34. The Kier molecular flexibility index (Phi) is 7.14. The third-order valence-corrected chi connectivity index (χ3v) is 4.48. The van der Waals surface area contributed by atoms with Crippen molar-refractivity contribution in [1.82, 2.24) is 0 Å². The summed E-state index contributed by atoms with van der Waals surface area (Å²) in [4.78, 5) is 0. The van der Waals surface area contributed by atoms with Crippen molar-refractivity contribution in [2.45, 2.75) is 31.1 Å². The molecule has 4 nitrogen and oxygen atoms in total. The SMILES string of the molecule is NC(Cc1cccc(OC(F)(F)C(F)F)c1)C(O)c1ccc(Oc2ccccc2)cc1. The number of hydrogen-bond acceptors (Lipinski definition) is 4. The van der Waals surface area contributed by atoms with Gasteiger partial charge >= 0.3 is 12.5 Å². The van der Waals surface area contributed by atoms with E-state index in [1.807, 2.05) is 30.3 Å². The van der Waals surface area contributed by atoms with Gasteiger partial charge in [-0.25, -0.2) is 0 Å². The standard InChI is InChI=1S/C23H21F4NO3/c24-22(25)23(26,27)31-19-8-4-5-15(13-19)14-20(28)21(29)16-9-11-18(12-10-16)30-17-6-2-1-3-7-17/h1-13,20-22,29H,14,28H2. The van der Waals surface area contributed by atoms with E-state index in [-0.39, 0.29) is 6.42 Å². The summed E-state index contributed by atoms with van der Waals surface area (Å²) in [7, 11) is 0. The molecule has 31 heavy (non-hydrogen) atoms. The van der Waals surface area contributed by atoms with Crippen molar-refractivity contribution in [2.75, 3.05) is 0 Å². The lowest BCUT2D eigenvalue weighted by Crippen LogP contribution is -2.33. The summed E-state index contributed by atoms with van der Waals surface area (Å²) in [6, 6.07) is 20.5. The van der Waals surface area contributed by atoms with Crippen LogP contribution in [0.3, 0.4) is 0 Å². The van der Waals surface area contributed by atoms with E-state index in [0.717, 1.165) is 6.07 Å². The molecule has 3 N–H and O–H groups in total. The molecule has 0 saturated heterocycles. The maximum Gasteiger partial charge on any atom is 0.461 e. The minimum atomic E-state index is -4.59. The monoisotopic (exact) mass is 435 g/mol. The molecule has 0 amide bonds. The van der Waals surface area contributed by atoms with Crippen LogP contribution >= 0.6 is 0 Å². The fourth-order valence-electron chi connectivity index (χ4n) is 2.93. The van der Waals surface area contributed by atoms with E-state index in [9.17, 15) is 22.7 Å². The van der Waals surface area contributed by atoms with Crippen LogP contribution in [0.4, 0.5) is 17.6 Å². The Bertz CT molecular complexity index is 968. The lowest BCUT2D eigenvalue weighted by atomic mass is 9.97. The van der Waals surface area contributed by atoms with E-state index in [2.05, 4.69) is 4.74 Å². The first kappa shape index (κ1) is 22.6. The average Bonchev–Trinajstić information content (AvgIpc) is 2.74. The third-order valence-electron chi connectivity index (χ3n) is 4.48. The maximum absolute atomic E-state index is 13.1. The van der Waals surface area contributed by atoms with Crippen LogP contribution in [0.1, 0.15) is 17.2 Å². The average molecular weight is 435 g/mol. The smallest absolute Gasteiger partial charge is 0.457 e. The van der Waals surface area contributed by atoms with Crippen molar-refractivity contribution in [1.29, 1.82) is 0 Å². The molecule has 0 aliphatic heterocycles. The van der Waals surface area contributed by atoms with Gasteiger partial charge in [-0.15, -0.1) is 0 Å². The second kappa shape index (κ2) is 9.80. The lowest BCUT2D eigenvalue weighted by Gasteiger charge is -2.21. The van der Waals surface area contributed by atoms with Crippen LogP contribution in [0.15, 0.2) is 78.9 Å². The van der Waals surface area contributed by atoms with Crippen LogP contribution in [0.25, 0.3) is 0 Å². The van der Waals surface area contributed by atoms with Crippen LogP contribution in [0.5, 0.6) is 17.2 Å². The normalized spacial score (nSPS) is 13.6. The van der Waals surface area contributed by atoms with Gasteiger partial charge in [-0.1, -0.05) is 42.5 Å². The van der Waals surface area contributed by atoms with Gasteiger partial charge in [0.15, 0.2) is 0 Å². The molecule has 2 atom stereocenters. The molecule has 0 fully saturated rings. The highest BCUT2D eigenvalue weighted by Gasteiger charge is 2.44. The van der Waals surface area contributed by atoms with Crippen molar-refractivity contribution in [3.05, 3.63) is 90.0 Å². The first-order valence-corrected chi connectivity index (χ1v) is 9.45. The zero-order valence-electron chi connectivity index (χ0n) is 16.3. The van der Waals surface area contributed by atoms with E-state index < -0.39 is 30.4 Å². The molecule has 0 bridgehead atoms. The quantitative estimate of drug-likeness (QED) is 0.447. The van der Waals surface area contributed by atoms with E-state index in [4.69, 9.17) is 10.5 Å². The topological polar surface area (TPSA) is 64.7 Å². The Labute approximate surface area is 176 Å². The Morgan fingerprint density at radius 3 is 2.10 bits per heavy atom. The molecule has 0 saturated carbocycles. The van der Waals surface area contributed by atoms with Crippen LogP contribution in [0, 0.1) is 0 Å². The number of rotatable bonds is 9. The van der Waals surface area contributed by atoms with Gasteiger partial charge in [-0.2, -0.15) is 17.6 Å². The van der Waals surface area contributed by atoms with Crippen LogP contribution in [-0.4, -0.2) is 23.7 Å². The van der Waals surface area contributed by atoms with Crippen molar-refractivity contribution in [3.63, 3.8) is 0 Å². The number of benzene rings is 3. The Hall–Kier alpha value is -3.10. The first-order chi connectivity index (χ1) is 14.7. The van der Waals surface area contributed by atoms with E-state index in [0.29, 0.717) is 22.6 Å². The summed E-state index contributed by atoms with van der Waals surface area (Å²) in [6.07, 6.45) is -9.48. The predicted molar refractivity (Wildman–Crippen MR) is 108 cm³/mol. The second-order valence-electron chi connectivity index (χ2n) is 6.91. The van der Waals surface area contributed by atoms with Gasteiger partial charge < -0.3 is 20.3 Å². The molecule has 2 unspecified atom stereocenters. The molecular formula is C23H21F4NO3. The summed E-state index contributed by atoms with van der Waals surface area (Å²) < 4.78 is 60.6. The third kappa shape index (κ3) is 6.19. The van der Waals surface area contributed by atoms with Gasteiger partial charge in [-0.05, 0) is 53.9 Å². The zero-order valence-corrected chi connectivity index (χ0v) is 16.3. The summed E-state index contributed by atoms with van der Waals surface area (Å²) in [5, 5.41) is 10.5. The van der Waals surface area contributed by atoms with Gasteiger partial charge in [-0.3, -0.25) is 0 Å². The van der Waals surface area contributed by atoms with Crippen LogP contribution in [-0.2, 0) is 6.42 Å². The van der Waals surface area contributed by atoms with Crippen LogP contribution in [0.2, 0.25) is 0 Å². The number of alkyl halides is 4. The van der Waals surface area contributed by atoms with Gasteiger partial charge in [0.2, 0.25) is 0 Å². The van der Waals surface area contributed by atoms with E-state index >= 15 is 0 Å². The molecular weight excluding hydrogens is 414 g/mol. The van der Waals surface area contributed by atoms with Gasteiger partial charge in [0.1, 0.15) is 17.2 Å². The highest BCUT2D eigenvalue weighted by Crippen LogP contribution is 2.29. The Balaban J connectivity index is 1.62. The van der Waals surface area contributed by atoms with Gasteiger partial charge in [0.25, 0.3) is 0 Å². The Morgan fingerprint density at radius 2 is 1.45 bits per heavy atom. The molecule has 0 aliphatic rings. The second-order valence-corrected chi connectivity index (χ2v) is 6.91. The van der Waals surface area contributed by atoms with Crippen molar-refractivity contribution < 1.29 is 32.1 Å². The molecule has 0 heterocycles. The fraction of sp³-hybridized carbons (Fsp3) is 0.217. The van der Waals surface area contributed by atoms with Crippen molar-refractivity contribution in [2.24, 2.45) is 5.73 Å². The molecule has 8 heteroatoms. The molecule has 0 radical (unpaired) electrons. The zero-order chi connectivity index (χ0) is 22.4. The minimum absolute atomic E-state index is 0.112. The molecule has 0 spiro atoms. The number of halogens is 4. The lowest BCUT2D eigenvalue weighted by molar-refractivity contribution is -0.253. The van der Waals surface area contributed by atoms with Crippen molar-refractivity contribution >= 4 is 0 Å². The maximum atomic E-state index is 13.1. The molecule has 3 rings (SSSR count). The molecule has 3 aromatic rings. The van der Waals surface area contributed by atoms with Gasteiger partial charge in [0, 0.05) is 6.04 Å². The number of ether oxygens (including phenoxy) is 2. The number of aliphatic hydroxyl groups is 1. The van der Waals surface area contributed by atoms with E-state index in [1.165, 1.54) is 12.1 Å². The minimum Gasteiger partial charge on any atom is -0.457 e. The molecule has 0 aliphatic carbocycles. The van der Waals surface area contributed by atoms with E-state index in [1.54, 1.807) is 30.3 Å². The Morgan fingerprint density at radius 1 is 0.839 bits per heavy atom. The predicted octanol–water partition coefficient (Wildman–Crippen LogP) is 5.32. The number of aliphatic hydroxyl groups excluding tert-OH is 1.